The minimum Gasteiger partial charge on any atom is -0.347 e. The summed E-state index contributed by atoms with van der Waals surface area (Å²) >= 11 is 3.38. The number of halogens is 1. The zero-order valence-electron chi connectivity index (χ0n) is 15.2. The van der Waals surface area contributed by atoms with Gasteiger partial charge in [-0.1, -0.05) is 30.3 Å². The number of benzene rings is 2. The molecule has 0 spiro atoms. The number of hydrogen-bond donors (Lipinski definition) is 2. The number of pyridine rings is 1. The van der Waals surface area contributed by atoms with Crippen molar-refractivity contribution >= 4 is 44.3 Å². The average molecular weight is 426 g/mol. The summed E-state index contributed by atoms with van der Waals surface area (Å²) in [7, 11) is 0. The number of aromatic nitrogens is 1. The van der Waals surface area contributed by atoms with Crippen LogP contribution in [0.15, 0.2) is 53.0 Å². The van der Waals surface area contributed by atoms with Crippen LogP contribution in [0.5, 0.6) is 0 Å². The maximum Gasteiger partial charge on any atom is 0.243 e. The Bertz CT molecular complexity index is 1020. The predicted molar refractivity (Wildman–Crippen MR) is 111 cm³/mol. The minimum absolute atomic E-state index is 0.0841. The van der Waals surface area contributed by atoms with Gasteiger partial charge in [0.2, 0.25) is 11.8 Å². The molecule has 5 nitrogen and oxygen atoms in total. The predicted octanol–water partition coefficient (Wildman–Crippen LogP) is 3.91. The topological polar surface area (TPSA) is 71.1 Å². The molecule has 27 heavy (non-hydrogen) atoms. The van der Waals surface area contributed by atoms with Crippen LogP contribution in [0.25, 0.3) is 10.9 Å². The van der Waals surface area contributed by atoms with Gasteiger partial charge in [0.1, 0.15) is 0 Å². The molecule has 0 bridgehead atoms. The van der Waals surface area contributed by atoms with E-state index in [-0.39, 0.29) is 24.8 Å². The van der Waals surface area contributed by atoms with Crippen molar-refractivity contribution in [1.82, 2.24) is 10.3 Å². The van der Waals surface area contributed by atoms with Crippen molar-refractivity contribution < 1.29 is 9.59 Å². The number of carbonyl (C=O) groups is 2. The lowest BCUT2D eigenvalue weighted by molar-refractivity contribution is -0.123. The zero-order chi connectivity index (χ0) is 19.4. The van der Waals surface area contributed by atoms with Crippen LogP contribution < -0.4 is 10.6 Å². The van der Waals surface area contributed by atoms with Gasteiger partial charge in [-0.3, -0.25) is 14.6 Å². The van der Waals surface area contributed by atoms with Crippen molar-refractivity contribution in [3.8, 4) is 0 Å². The number of nitrogens with zero attached hydrogens (tertiary/aromatic N) is 1. The Hall–Kier alpha value is -2.73. The molecule has 3 rings (SSSR count). The van der Waals surface area contributed by atoms with Crippen LogP contribution in [0.1, 0.15) is 16.8 Å². The molecule has 0 aliphatic heterocycles. The molecule has 0 aliphatic carbocycles. The first kappa shape index (κ1) is 19.0. The smallest absolute Gasteiger partial charge is 0.243 e. The Morgan fingerprint density at radius 2 is 1.70 bits per heavy atom. The fraction of sp³-hybridized carbons (Fsp3) is 0.190. The number of amides is 2. The molecule has 2 aromatic carbocycles. The summed E-state index contributed by atoms with van der Waals surface area (Å²) in [4.78, 5) is 29.0. The van der Waals surface area contributed by atoms with Crippen molar-refractivity contribution in [1.29, 1.82) is 0 Å². The van der Waals surface area contributed by atoms with E-state index in [1.165, 1.54) is 0 Å². The maximum atomic E-state index is 12.3. The van der Waals surface area contributed by atoms with Gasteiger partial charge in [-0.05, 0) is 59.1 Å². The van der Waals surface area contributed by atoms with Crippen LogP contribution in [-0.4, -0.2) is 23.3 Å². The third-order valence-corrected chi connectivity index (χ3v) is 5.11. The van der Waals surface area contributed by atoms with Crippen LogP contribution in [-0.2, 0) is 16.0 Å². The quantitative estimate of drug-likeness (QED) is 0.650. The molecular formula is C21H20BrN3O2. The third kappa shape index (κ3) is 4.52. The lowest BCUT2D eigenvalue weighted by atomic mass is 9.99. The highest BCUT2D eigenvalue weighted by Gasteiger charge is 2.14. The summed E-state index contributed by atoms with van der Waals surface area (Å²) in [6, 6.07) is 15.2. The second-order valence-electron chi connectivity index (χ2n) is 6.30. The summed E-state index contributed by atoms with van der Waals surface area (Å²) in [6.45, 7) is 3.82. The summed E-state index contributed by atoms with van der Waals surface area (Å²) in [6.07, 6.45) is 0.192. The monoisotopic (exact) mass is 425 g/mol. The van der Waals surface area contributed by atoms with Crippen molar-refractivity contribution in [3.05, 3.63) is 69.8 Å². The Morgan fingerprint density at radius 1 is 1.00 bits per heavy atom. The van der Waals surface area contributed by atoms with E-state index in [0.717, 1.165) is 32.2 Å². The van der Waals surface area contributed by atoms with Crippen molar-refractivity contribution in [2.75, 3.05) is 11.9 Å². The molecule has 6 heteroatoms. The lowest BCUT2D eigenvalue weighted by Crippen LogP contribution is -2.34. The minimum atomic E-state index is -0.277. The molecule has 0 aliphatic rings. The number of rotatable bonds is 5. The SMILES string of the molecule is Cc1nc2ccccc2c(C)c1CC(=O)NCC(=O)Nc1ccccc1Br. The van der Waals surface area contributed by atoms with Gasteiger partial charge < -0.3 is 10.6 Å². The van der Waals surface area contributed by atoms with Crippen molar-refractivity contribution in [2.24, 2.45) is 0 Å². The largest absolute Gasteiger partial charge is 0.347 e. The van der Waals surface area contributed by atoms with Gasteiger partial charge in [-0.2, -0.15) is 0 Å². The first-order valence-corrected chi connectivity index (χ1v) is 9.41. The van der Waals surface area contributed by atoms with Crippen molar-refractivity contribution in [2.45, 2.75) is 20.3 Å². The van der Waals surface area contributed by atoms with E-state index >= 15 is 0 Å². The molecule has 0 saturated carbocycles. The van der Waals surface area contributed by atoms with Crippen LogP contribution in [0.4, 0.5) is 5.69 Å². The fourth-order valence-corrected chi connectivity index (χ4v) is 3.37. The number of hydrogen-bond acceptors (Lipinski definition) is 3. The molecule has 0 unspecified atom stereocenters. The molecule has 2 amide bonds. The van der Waals surface area contributed by atoms with E-state index in [1.54, 1.807) is 6.07 Å². The number of fused-ring (bicyclic) bond motifs is 1. The highest BCUT2D eigenvalue weighted by molar-refractivity contribution is 9.10. The molecule has 0 fully saturated rings. The second-order valence-corrected chi connectivity index (χ2v) is 7.15. The van der Waals surface area contributed by atoms with Crippen LogP contribution in [0, 0.1) is 13.8 Å². The van der Waals surface area contributed by atoms with E-state index < -0.39 is 0 Å². The van der Waals surface area contributed by atoms with Gasteiger partial charge in [0, 0.05) is 15.6 Å². The van der Waals surface area contributed by atoms with E-state index in [1.807, 2.05) is 56.3 Å². The van der Waals surface area contributed by atoms with E-state index in [9.17, 15) is 9.59 Å². The standard InChI is InChI=1S/C21H20BrN3O2/c1-13-15-7-3-5-9-18(15)24-14(2)16(13)11-20(26)23-12-21(27)25-19-10-6-4-8-17(19)22/h3-10H,11-12H2,1-2H3,(H,23,26)(H,25,27). The van der Waals surface area contributed by atoms with Gasteiger partial charge in [0.05, 0.1) is 24.2 Å². The highest BCUT2D eigenvalue weighted by Crippen LogP contribution is 2.23. The van der Waals surface area contributed by atoms with Crippen LogP contribution in [0.2, 0.25) is 0 Å². The first-order valence-electron chi connectivity index (χ1n) is 8.61. The Balaban J connectivity index is 1.64. The van der Waals surface area contributed by atoms with Crippen LogP contribution in [0.3, 0.4) is 0 Å². The number of aryl methyl sites for hydroxylation is 2. The molecular weight excluding hydrogens is 406 g/mol. The van der Waals surface area contributed by atoms with Gasteiger partial charge in [-0.25, -0.2) is 0 Å². The first-order chi connectivity index (χ1) is 13.0. The van der Waals surface area contributed by atoms with E-state index in [2.05, 4.69) is 31.5 Å². The van der Waals surface area contributed by atoms with Crippen molar-refractivity contribution in [3.63, 3.8) is 0 Å². The lowest BCUT2D eigenvalue weighted by Gasteiger charge is -2.13. The molecule has 0 atom stereocenters. The summed E-state index contributed by atoms with van der Waals surface area (Å²) < 4.78 is 0.790. The Labute approximate surface area is 166 Å². The van der Waals surface area contributed by atoms with E-state index in [0.29, 0.717) is 5.69 Å². The third-order valence-electron chi connectivity index (χ3n) is 4.42. The van der Waals surface area contributed by atoms with Gasteiger partial charge in [0.25, 0.3) is 0 Å². The molecule has 1 heterocycles. The van der Waals surface area contributed by atoms with Crippen LogP contribution >= 0.6 is 15.9 Å². The number of carbonyl (C=O) groups excluding carboxylic acids is 2. The number of para-hydroxylation sites is 2. The molecule has 138 valence electrons. The molecule has 3 aromatic rings. The molecule has 0 radical (unpaired) electrons. The summed E-state index contributed by atoms with van der Waals surface area (Å²) in [5, 5.41) is 6.48. The highest BCUT2D eigenvalue weighted by atomic mass is 79.9. The Kier molecular flexibility index (Phi) is 5.86. The summed E-state index contributed by atoms with van der Waals surface area (Å²) in [5.41, 5.74) is 4.37. The van der Waals surface area contributed by atoms with Gasteiger partial charge >= 0.3 is 0 Å². The second kappa shape index (κ2) is 8.31. The molecule has 0 saturated heterocycles. The molecule has 2 N–H and O–H groups in total. The number of nitrogens with one attached hydrogen (secondary N) is 2. The fourth-order valence-electron chi connectivity index (χ4n) is 2.99. The summed E-state index contributed by atoms with van der Waals surface area (Å²) in [5.74, 6) is -0.485. The van der Waals surface area contributed by atoms with Gasteiger partial charge in [-0.15, -0.1) is 0 Å². The normalized spacial score (nSPS) is 10.6. The van der Waals surface area contributed by atoms with E-state index in [4.69, 9.17) is 0 Å². The average Bonchev–Trinajstić information content (AvgIpc) is 2.65. The maximum absolute atomic E-state index is 12.3. The zero-order valence-corrected chi connectivity index (χ0v) is 16.8. The molecule has 1 aromatic heterocycles. The Morgan fingerprint density at radius 3 is 2.48 bits per heavy atom. The van der Waals surface area contributed by atoms with Gasteiger partial charge in [0.15, 0.2) is 0 Å². The number of anilines is 1.